The number of carbonyl (C=O) groups excluding carboxylic acids is 2. The highest BCUT2D eigenvalue weighted by molar-refractivity contribution is 7.88. The minimum atomic E-state index is -4.58. The van der Waals surface area contributed by atoms with Crippen molar-refractivity contribution in [3.8, 4) is 0 Å². The summed E-state index contributed by atoms with van der Waals surface area (Å²) in [6, 6.07) is 10.7. The van der Waals surface area contributed by atoms with Gasteiger partial charge in [0.25, 0.3) is 5.82 Å². The lowest BCUT2D eigenvalue weighted by Gasteiger charge is -2.24. The normalized spacial score (nSPS) is 14.3. The molecule has 0 unspecified atom stereocenters. The molecule has 0 aliphatic carbocycles. The standard InChI is InChI=1S/C33H40N4O8S/c1-6-34-26-16-14-24(32(38)44-8-3)22-28(26)36(18-11-21-46(40,41)42)30(34)12-10-13-31-35(7-2)27-17-15-25(33(39)45-9-4)23-29(27)37(31)19-20-43-5/h10-17,21-23H,6-9,18-20H2,1-5H3. The van der Waals surface area contributed by atoms with Gasteiger partial charge >= 0.3 is 11.9 Å². The molecule has 3 aromatic rings. The predicted molar refractivity (Wildman–Crippen MR) is 174 cm³/mol. The smallest absolute Gasteiger partial charge is 0.338 e. The largest absolute Gasteiger partial charge is 0.744 e. The van der Waals surface area contributed by atoms with Crippen LogP contribution in [0.15, 0.2) is 65.9 Å². The summed E-state index contributed by atoms with van der Waals surface area (Å²) in [5.74, 6) is 0.732. The van der Waals surface area contributed by atoms with Gasteiger partial charge in [-0.2, -0.15) is 0 Å². The molecule has 0 atom stereocenters. The van der Waals surface area contributed by atoms with E-state index in [4.69, 9.17) is 14.2 Å². The van der Waals surface area contributed by atoms with Crippen LogP contribution in [0.3, 0.4) is 0 Å². The Hall–Kier alpha value is -4.46. The molecule has 46 heavy (non-hydrogen) atoms. The van der Waals surface area contributed by atoms with Crippen LogP contribution in [0.2, 0.25) is 0 Å². The maximum absolute atomic E-state index is 12.5. The number of hydrogen-bond donors (Lipinski definition) is 0. The van der Waals surface area contributed by atoms with Crippen LogP contribution < -0.4 is 14.4 Å². The molecule has 2 aromatic carbocycles. The molecular formula is C33H40N4O8S. The van der Waals surface area contributed by atoms with Gasteiger partial charge in [-0.25, -0.2) is 27.1 Å². The Bertz CT molecular complexity index is 1790. The van der Waals surface area contributed by atoms with Crippen molar-refractivity contribution in [1.82, 2.24) is 4.57 Å². The second kappa shape index (κ2) is 15.2. The Morgan fingerprint density at radius 3 is 2.22 bits per heavy atom. The van der Waals surface area contributed by atoms with Crippen molar-refractivity contribution < 1.29 is 41.3 Å². The topological polar surface area (TPSA) is 134 Å². The van der Waals surface area contributed by atoms with Gasteiger partial charge in [0.15, 0.2) is 11.0 Å². The van der Waals surface area contributed by atoms with E-state index in [9.17, 15) is 22.6 Å². The van der Waals surface area contributed by atoms with Crippen LogP contribution in [0.5, 0.6) is 0 Å². The number of hydrogen-bond acceptors (Lipinski definition) is 10. The molecule has 0 fully saturated rings. The maximum atomic E-state index is 12.5. The van der Waals surface area contributed by atoms with E-state index < -0.39 is 16.1 Å². The lowest BCUT2D eigenvalue weighted by atomic mass is 10.1. The van der Waals surface area contributed by atoms with Gasteiger partial charge in [0, 0.05) is 37.7 Å². The Morgan fingerprint density at radius 2 is 1.61 bits per heavy atom. The number of ether oxygens (including phenoxy) is 3. The number of methoxy groups -OCH3 is 1. The number of anilines is 2. The molecular weight excluding hydrogens is 612 g/mol. The molecule has 4 rings (SSSR count). The monoisotopic (exact) mass is 652 g/mol. The highest BCUT2D eigenvalue weighted by Crippen LogP contribution is 2.42. The van der Waals surface area contributed by atoms with E-state index in [-0.39, 0.29) is 25.7 Å². The Balaban J connectivity index is 1.83. The summed E-state index contributed by atoms with van der Waals surface area (Å²) in [5.41, 5.74) is 4.10. The zero-order valence-electron chi connectivity index (χ0n) is 26.8. The van der Waals surface area contributed by atoms with Crippen LogP contribution >= 0.6 is 0 Å². The molecule has 1 aliphatic rings. The molecule has 0 saturated heterocycles. The number of esters is 2. The molecule has 1 aliphatic heterocycles. The fraction of sp³-hybridized carbons (Fsp3) is 0.364. The van der Waals surface area contributed by atoms with E-state index in [0.717, 1.165) is 28.5 Å². The first kappa shape index (κ1) is 34.4. The van der Waals surface area contributed by atoms with Gasteiger partial charge < -0.3 is 28.6 Å². The zero-order valence-corrected chi connectivity index (χ0v) is 27.6. The number of fused-ring (bicyclic) bond motifs is 2. The predicted octanol–water partition coefficient (Wildman–Crippen LogP) is 4.21. The lowest BCUT2D eigenvalue weighted by Crippen LogP contribution is -2.35. The lowest BCUT2D eigenvalue weighted by molar-refractivity contribution is -0.670. The Labute approximate surface area is 269 Å². The average Bonchev–Trinajstić information content (AvgIpc) is 3.49. The highest BCUT2D eigenvalue weighted by atomic mass is 32.2. The van der Waals surface area contributed by atoms with Crippen LogP contribution in [0.25, 0.3) is 17.1 Å². The highest BCUT2D eigenvalue weighted by Gasteiger charge is 2.31. The number of benzene rings is 2. The molecule has 246 valence electrons. The molecule has 2 heterocycles. The average molecular weight is 653 g/mol. The van der Waals surface area contributed by atoms with Gasteiger partial charge in [0.05, 0.1) is 48.9 Å². The van der Waals surface area contributed by atoms with Gasteiger partial charge in [-0.3, -0.25) is 0 Å². The third kappa shape index (κ3) is 7.49. The van der Waals surface area contributed by atoms with E-state index in [1.54, 1.807) is 39.2 Å². The van der Waals surface area contributed by atoms with Crippen molar-refractivity contribution in [2.75, 3.05) is 49.8 Å². The summed E-state index contributed by atoms with van der Waals surface area (Å²) in [7, 11) is -2.95. The number of aryl methyl sites for hydroxylation is 1. The first-order chi connectivity index (χ1) is 22.1. The SMILES string of the molecule is CCOC(=O)c1ccc2c(c1)N(CCOC)C(=CC=Cc1n(CC=CS(=O)(=O)[O-])c3cc(C(=O)OCC)ccc3[n+]1CC)N2CC. The molecule has 0 spiro atoms. The summed E-state index contributed by atoms with van der Waals surface area (Å²) >= 11 is 0. The van der Waals surface area contributed by atoms with Crippen LogP contribution in [0.1, 0.15) is 54.2 Å². The number of imidazole rings is 1. The minimum Gasteiger partial charge on any atom is -0.744 e. The summed E-state index contributed by atoms with van der Waals surface area (Å²) in [5, 5.41) is 0.632. The molecule has 0 amide bonds. The van der Waals surface area contributed by atoms with E-state index in [2.05, 4.69) is 9.80 Å². The minimum absolute atomic E-state index is 0.0661. The third-order valence-corrected chi connectivity index (χ3v) is 7.96. The summed E-state index contributed by atoms with van der Waals surface area (Å²) in [4.78, 5) is 29.3. The van der Waals surface area contributed by atoms with Crippen molar-refractivity contribution in [1.29, 1.82) is 0 Å². The first-order valence-corrected chi connectivity index (χ1v) is 16.6. The molecule has 0 N–H and O–H groups in total. The molecule has 0 radical (unpaired) electrons. The van der Waals surface area contributed by atoms with Crippen molar-refractivity contribution in [3.05, 3.63) is 82.8 Å². The number of aromatic nitrogens is 2. The van der Waals surface area contributed by atoms with Crippen molar-refractivity contribution in [2.45, 2.75) is 40.8 Å². The van der Waals surface area contributed by atoms with E-state index in [1.807, 2.05) is 59.4 Å². The fourth-order valence-corrected chi connectivity index (χ4v) is 5.85. The van der Waals surface area contributed by atoms with Crippen LogP contribution in [0.4, 0.5) is 11.4 Å². The van der Waals surface area contributed by atoms with Crippen molar-refractivity contribution in [3.63, 3.8) is 0 Å². The third-order valence-electron chi connectivity index (χ3n) is 7.44. The Kier molecular flexibility index (Phi) is 11.4. The Morgan fingerprint density at radius 1 is 0.935 bits per heavy atom. The van der Waals surface area contributed by atoms with Gasteiger partial charge in [-0.05, 0) is 70.2 Å². The van der Waals surface area contributed by atoms with E-state index in [0.29, 0.717) is 48.3 Å². The van der Waals surface area contributed by atoms with E-state index >= 15 is 0 Å². The summed E-state index contributed by atoms with van der Waals surface area (Å²) in [6.45, 7) is 10.3. The first-order valence-electron chi connectivity index (χ1n) is 15.2. The molecule has 0 saturated carbocycles. The van der Waals surface area contributed by atoms with Gasteiger partial charge in [0.1, 0.15) is 22.5 Å². The van der Waals surface area contributed by atoms with Crippen LogP contribution in [-0.4, -0.2) is 69.5 Å². The number of rotatable bonds is 14. The van der Waals surface area contributed by atoms with Gasteiger partial charge in [-0.1, -0.05) is 6.08 Å². The van der Waals surface area contributed by atoms with Crippen molar-refractivity contribution >= 4 is 50.5 Å². The summed E-state index contributed by atoms with van der Waals surface area (Å²) < 4.78 is 53.7. The maximum Gasteiger partial charge on any atom is 0.338 e. The fourth-order valence-electron chi connectivity index (χ4n) is 5.52. The second-order valence-corrected chi connectivity index (χ2v) is 11.5. The number of carbonyl (C=O) groups is 2. The van der Waals surface area contributed by atoms with Crippen molar-refractivity contribution in [2.24, 2.45) is 0 Å². The molecule has 1 aromatic heterocycles. The van der Waals surface area contributed by atoms with Gasteiger partial charge in [0.2, 0.25) is 0 Å². The summed E-state index contributed by atoms with van der Waals surface area (Å²) in [6.07, 6.45) is 7.05. The zero-order chi connectivity index (χ0) is 33.4. The second-order valence-electron chi connectivity index (χ2n) is 10.2. The molecule has 0 bridgehead atoms. The number of allylic oxidation sites excluding steroid dienone is 3. The quantitative estimate of drug-likeness (QED) is 0.142. The number of nitrogens with zero attached hydrogens (tertiary/aromatic N) is 4. The van der Waals surface area contributed by atoms with Gasteiger partial charge in [-0.15, -0.1) is 0 Å². The molecule has 12 nitrogen and oxygen atoms in total. The van der Waals surface area contributed by atoms with E-state index in [1.165, 1.54) is 6.08 Å². The van der Waals surface area contributed by atoms with Crippen LogP contribution in [0, 0.1) is 0 Å². The van der Waals surface area contributed by atoms with Crippen LogP contribution in [-0.2, 0) is 37.4 Å². The molecule has 13 heteroatoms.